The van der Waals surface area contributed by atoms with Gasteiger partial charge in [0.05, 0.1) is 0 Å². The third-order valence-electron chi connectivity index (χ3n) is 2.72. The van der Waals surface area contributed by atoms with E-state index in [1.165, 1.54) is 21.6 Å². The van der Waals surface area contributed by atoms with Crippen molar-refractivity contribution < 1.29 is 0 Å². The maximum atomic E-state index is 4.45. The number of hydrogen-bond acceptors (Lipinski definition) is 2. The van der Waals surface area contributed by atoms with Crippen molar-refractivity contribution in [3.8, 4) is 0 Å². The third-order valence-corrected chi connectivity index (χ3v) is 3.68. The second-order valence-electron chi connectivity index (χ2n) is 4.20. The minimum atomic E-state index is 0. The van der Waals surface area contributed by atoms with Gasteiger partial charge in [0.2, 0.25) is 0 Å². The van der Waals surface area contributed by atoms with Crippen LogP contribution in [0.4, 0.5) is 0 Å². The van der Waals surface area contributed by atoms with Gasteiger partial charge in [-0.15, -0.1) is 24.4 Å². The Morgan fingerprint density at radius 1 is 1.00 bits per heavy atom. The van der Waals surface area contributed by atoms with Crippen LogP contribution in [-0.2, 0) is 6.42 Å². The fourth-order valence-corrected chi connectivity index (χ4v) is 2.71. The molecule has 0 saturated carbocycles. The first-order valence-corrected chi connectivity index (χ1v) is 7.27. The molecule has 0 atom stereocenters. The summed E-state index contributed by atoms with van der Waals surface area (Å²) in [6, 6.07) is 15.2. The van der Waals surface area contributed by atoms with Crippen LogP contribution in [0.25, 0.3) is 0 Å². The molecule has 0 aliphatic carbocycles. The summed E-state index contributed by atoms with van der Waals surface area (Å²) in [6.45, 7) is 2.12. The Bertz CT molecular complexity index is 501. The first-order chi connectivity index (χ1) is 8.17. The summed E-state index contributed by atoms with van der Waals surface area (Å²) in [4.78, 5) is 2.32. The van der Waals surface area contributed by atoms with Crippen LogP contribution in [0.15, 0.2) is 52.3 Å². The Morgan fingerprint density at radius 2 is 1.67 bits per heavy atom. The number of thiol groups is 1. The largest absolute Gasteiger partial charge is 0.143 e. The fraction of sp³-hybridized carbons (Fsp3) is 0.250. The normalized spacial score (nSPS) is 9.94. The highest BCUT2D eigenvalue weighted by atomic mass is 32.2. The zero-order valence-corrected chi connectivity index (χ0v) is 11.8. The molecule has 0 amide bonds. The van der Waals surface area contributed by atoms with Gasteiger partial charge in [-0.2, -0.15) is 0 Å². The van der Waals surface area contributed by atoms with E-state index in [0.29, 0.717) is 0 Å². The number of aryl methyl sites for hydroxylation is 1. The topological polar surface area (TPSA) is 0 Å². The Hall–Kier alpha value is -0.860. The lowest BCUT2D eigenvalue weighted by molar-refractivity contribution is 1.14. The smallest absolute Gasteiger partial charge is 0.00830 e. The number of benzene rings is 2. The van der Waals surface area contributed by atoms with Gasteiger partial charge in [-0.05, 0) is 48.9 Å². The Morgan fingerprint density at radius 3 is 2.28 bits per heavy atom. The first-order valence-electron chi connectivity index (χ1n) is 5.60. The van der Waals surface area contributed by atoms with E-state index in [0.717, 1.165) is 11.3 Å². The van der Waals surface area contributed by atoms with Crippen LogP contribution >= 0.6 is 24.4 Å². The Balaban J connectivity index is 0.00000162. The molecule has 0 aliphatic rings. The zero-order chi connectivity index (χ0) is 12.3. The molecule has 18 heavy (non-hydrogen) atoms. The molecule has 2 rings (SSSR count). The highest BCUT2D eigenvalue weighted by Crippen LogP contribution is 2.22. The molecule has 0 radical (unpaired) electrons. The van der Waals surface area contributed by atoms with Gasteiger partial charge in [0, 0.05) is 9.79 Å². The van der Waals surface area contributed by atoms with Crippen molar-refractivity contribution in [2.24, 2.45) is 0 Å². The lowest BCUT2D eigenvalue weighted by atomic mass is 10.0. The predicted molar refractivity (Wildman–Crippen MR) is 86.2 cm³/mol. The molecule has 0 aromatic heterocycles. The van der Waals surface area contributed by atoms with Crippen molar-refractivity contribution in [3.63, 3.8) is 0 Å². The van der Waals surface area contributed by atoms with Crippen LogP contribution in [0.2, 0.25) is 0 Å². The van der Waals surface area contributed by atoms with Gasteiger partial charge in [0.25, 0.3) is 0 Å². The second kappa shape index (κ2) is 6.91. The molecule has 0 fully saturated rings. The molecule has 0 heterocycles. The summed E-state index contributed by atoms with van der Waals surface area (Å²) in [6.07, 6.45) is 3.07. The van der Waals surface area contributed by atoms with Crippen LogP contribution in [0, 0.1) is 6.92 Å². The molecule has 0 nitrogen and oxygen atoms in total. The maximum Gasteiger partial charge on any atom is 0.00830 e. The SMILES string of the molecule is C.CSc1cc(S)cc(Cc2ccc(C)cc2)c1. The van der Waals surface area contributed by atoms with Crippen LogP contribution in [0.1, 0.15) is 24.1 Å². The summed E-state index contributed by atoms with van der Waals surface area (Å²) < 4.78 is 0. The van der Waals surface area contributed by atoms with Crippen molar-refractivity contribution >= 4 is 24.4 Å². The molecule has 0 N–H and O–H groups in total. The fourth-order valence-electron chi connectivity index (χ4n) is 1.80. The van der Waals surface area contributed by atoms with E-state index in [2.05, 4.69) is 68.3 Å². The molecular weight excluding hydrogens is 256 g/mol. The van der Waals surface area contributed by atoms with Gasteiger partial charge in [-0.25, -0.2) is 0 Å². The second-order valence-corrected chi connectivity index (χ2v) is 5.60. The monoisotopic (exact) mass is 276 g/mol. The average molecular weight is 276 g/mol. The molecule has 2 heteroatoms. The van der Waals surface area contributed by atoms with E-state index in [-0.39, 0.29) is 7.43 Å². The molecule has 0 aliphatic heterocycles. The Kier molecular flexibility index (Phi) is 5.83. The van der Waals surface area contributed by atoms with E-state index in [9.17, 15) is 0 Å². The molecule has 96 valence electrons. The van der Waals surface area contributed by atoms with E-state index < -0.39 is 0 Å². The van der Waals surface area contributed by atoms with Gasteiger partial charge >= 0.3 is 0 Å². The maximum absolute atomic E-state index is 4.45. The molecule has 2 aromatic carbocycles. The highest BCUT2D eigenvalue weighted by molar-refractivity contribution is 7.98. The lowest BCUT2D eigenvalue weighted by Crippen LogP contribution is -1.89. The standard InChI is InChI=1S/C15H16S2.CH4/c1-11-3-5-12(6-4-11)7-13-8-14(16)10-15(9-13)17-2;/h3-6,8-10,16H,7H2,1-2H3;1H4. The summed E-state index contributed by atoms with van der Waals surface area (Å²) in [5, 5.41) is 0. The average Bonchev–Trinajstić information content (AvgIpc) is 2.31. The number of hydrogen-bond donors (Lipinski definition) is 1. The van der Waals surface area contributed by atoms with Crippen molar-refractivity contribution in [3.05, 3.63) is 59.2 Å². The summed E-state index contributed by atoms with van der Waals surface area (Å²) >= 11 is 6.21. The minimum absolute atomic E-state index is 0. The predicted octanol–water partition coefficient (Wildman–Crippen LogP) is 5.23. The van der Waals surface area contributed by atoms with Crippen molar-refractivity contribution in [2.45, 2.75) is 30.6 Å². The number of rotatable bonds is 3. The van der Waals surface area contributed by atoms with Crippen LogP contribution in [0.3, 0.4) is 0 Å². The van der Waals surface area contributed by atoms with Crippen LogP contribution in [0.5, 0.6) is 0 Å². The molecule has 2 aromatic rings. The zero-order valence-electron chi connectivity index (χ0n) is 10.1. The molecule has 0 saturated heterocycles. The van der Waals surface area contributed by atoms with Crippen molar-refractivity contribution in [1.82, 2.24) is 0 Å². The number of thioether (sulfide) groups is 1. The highest BCUT2D eigenvalue weighted by Gasteiger charge is 2.00. The van der Waals surface area contributed by atoms with Gasteiger partial charge in [0.15, 0.2) is 0 Å². The Labute approximate surface area is 120 Å². The van der Waals surface area contributed by atoms with Crippen molar-refractivity contribution in [1.29, 1.82) is 0 Å². The molecular formula is C16H20S2. The van der Waals surface area contributed by atoms with Crippen molar-refractivity contribution in [2.75, 3.05) is 6.26 Å². The third kappa shape index (κ3) is 4.11. The summed E-state index contributed by atoms with van der Waals surface area (Å²) in [5.41, 5.74) is 3.98. The van der Waals surface area contributed by atoms with E-state index in [1.807, 2.05) is 0 Å². The first kappa shape index (κ1) is 15.2. The molecule has 0 bridgehead atoms. The van der Waals surface area contributed by atoms with E-state index in [4.69, 9.17) is 0 Å². The minimum Gasteiger partial charge on any atom is -0.143 e. The molecule has 0 unspecified atom stereocenters. The van der Waals surface area contributed by atoms with Gasteiger partial charge in [0.1, 0.15) is 0 Å². The van der Waals surface area contributed by atoms with Gasteiger partial charge in [-0.1, -0.05) is 37.3 Å². The van der Waals surface area contributed by atoms with Crippen LogP contribution < -0.4 is 0 Å². The van der Waals surface area contributed by atoms with Gasteiger partial charge < -0.3 is 0 Å². The summed E-state index contributed by atoms with van der Waals surface area (Å²) in [7, 11) is 0. The van der Waals surface area contributed by atoms with E-state index in [1.54, 1.807) is 11.8 Å². The summed E-state index contributed by atoms with van der Waals surface area (Å²) in [5.74, 6) is 0. The van der Waals surface area contributed by atoms with E-state index >= 15 is 0 Å². The quantitative estimate of drug-likeness (QED) is 0.591. The molecule has 0 spiro atoms. The lowest BCUT2D eigenvalue weighted by Gasteiger charge is -2.06. The van der Waals surface area contributed by atoms with Gasteiger partial charge in [-0.3, -0.25) is 0 Å². The van der Waals surface area contributed by atoms with Crippen LogP contribution in [-0.4, -0.2) is 6.26 Å².